The van der Waals surface area contributed by atoms with Crippen LogP contribution in [-0.4, -0.2) is 4.98 Å². The molecule has 1 aromatic carbocycles. The number of nitrogens with two attached hydrogens (primary N) is 1. The number of rotatable bonds is 2. The molecule has 1 atom stereocenters. The number of benzene rings is 1. The molecule has 0 radical (unpaired) electrons. The smallest absolute Gasteiger partial charge is 0.323 e. The highest BCUT2D eigenvalue weighted by atomic mass is 79.9. The third-order valence-electron chi connectivity index (χ3n) is 2.49. The van der Waals surface area contributed by atoms with Gasteiger partial charge >= 0.3 is 6.18 Å². The van der Waals surface area contributed by atoms with Crippen molar-refractivity contribution in [1.82, 2.24) is 4.98 Å². The predicted octanol–water partition coefficient (Wildman–Crippen LogP) is 4.61. The van der Waals surface area contributed by atoms with Gasteiger partial charge in [0.2, 0.25) is 0 Å². The van der Waals surface area contributed by atoms with Gasteiger partial charge < -0.3 is 5.73 Å². The highest BCUT2D eigenvalue weighted by molar-refractivity contribution is 9.10. The Kier molecular flexibility index (Phi) is 3.98. The molecule has 0 amide bonds. The maximum Gasteiger partial charge on any atom is 0.417 e. The summed E-state index contributed by atoms with van der Waals surface area (Å²) in [7, 11) is 0. The summed E-state index contributed by atoms with van der Waals surface area (Å²) < 4.78 is 39.4. The molecule has 0 fully saturated rings. The Morgan fingerprint density at radius 3 is 2.58 bits per heavy atom. The molecule has 19 heavy (non-hydrogen) atoms. The van der Waals surface area contributed by atoms with Gasteiger partial charge in [0.1, 0.15) is 5.01 Å². The Bertz CT molecular complexity index is 593. The first-order chi connectivity index (χ1) is 8.79. The van der Waals surface area contributed by atoms with Crippen molar-refractivity contribution in [2.45, 2.75) is 19.1 Å². The monoisotopic (exact) mass is 350 g/mol. The van der Waals surface area contributed by atoms with E-state index in [0.717, 1.165) is 10.9 Å². The zero-order valence-corrected chi connectivity index (χ0v) is 12.2. The Labute approximate surface area is 120 Å². The second kappa shape index (κ2) is 5.22. The lowest BCUT2D eigenvalue weighted by molar-refractivity contribution is -0.137. The minimum atomic E-state index is -4.42. The fraction of sp³-hybridized carbons (Fsp3) is 0.250. The second-order valence-corrected chi connectivity index (χ2v) is 6.02. The molecule has 0 aliphatic carbocycles. The van der Waals surface area contributed by atoms with Gasteiger partial charge in [0.15, 0.2) is 0 Å². The summed E-state index contributed by atoms with van der Waals surface area (Å²) in [6.07, 6.45) is -2.90. The van der Waals surface area contributed by atoms with Crippen molar-refractivity contribution >= 4 is 27.3 Å². The van der Waals surface area contributed by atoms with Crippen LogP contribution in [0.4, 0.5) is 13.2 Å². The van der Waals surface area contributed by atoms with E-state index in [-0.39, 0.29) is 11.6 Å². The quantitative estimate of drug-likeness (QED) is 0.858. The lowest BCUT2D eigenvalue weighted by Crippen LogP contribution is -2.07. The third-order valence-corrected chi connectivity index (χ3v) is 4.21. The summed E-state index contributed by atoms with van der Waals surface area (Å²) in [6, 6.07) is 3.80. The van der Waals surface area contributed by atoms with Crippen LogP contribution in [0, 0.1) is 0 Å². The number of alkyl halides is 3. The van der Waals surface area contributed by atoms with Crippen molar-refractivity contribution in [2.24, 2.45) is 5.73 Å². The number of hydrogen-bond donors (Lipinski definition) is 1. The summed E-state index contributed by atoms with van der Waals surface area (Å²) in [4.78, 5) is 4.79. The molecule has 1 aromatic heterocycles. The minimum Gasteiger partial charge on any atom is -0.323 e. The van der Waals surface area contributed by atoms with Crippen LogP contribution in [0.3, 0.4) is 0 Å². The van der Waals surface area contributed by atoms with Crippen LogP contribution >= 0.6 is 27.3 Å². The van der Waals surface area contributed by atoms with E-state index >= 15 is 0 Å². The molecule has 2 N–H and O–H groups in total. The number of hydrogen-bond acceptors (Lipinski definition) is 3. The number of aromatic nitrogens is 1. The fourth-order valence-electron chi connectivity index (χ4n) is 1.56. The summed E-state index contributed by atoms with van der Waals surface area (Å²) in [5.41, 5.74) is 5.07. The molecule has 1 unspecified atom stereocenters. The van der Waals surface area contributed by atoms with Crippen molar-refractivity contribution in [2.75, 3.05) is 0 Å². The van der Waals surface area contributed by atoms with Crippen LogP contribution < -0.4 is 5.73 Å². The Morgan fingerprint density at radius 2 is 2.05 bits per heavy atom. The van der Waals surface area contributed by atoms with E-state index in [1.54, 1.807) is 13.0 Å². The zero-order chi connectivity index (χ0) is 14.2. The first-order valence-corrected chi connectivity index (χ1v) is 6.98. The molecule has 7 heteroatoms. The van der Waals surface area contributed by atoms with Gasteiger partial charge in [-0.2, -0.15) is 13.2 Å². The minimum absolute atomic E-state index is 0.0765. The van der Waals surface area contributed by atoms with E-state index in [1.807, 2.05) is 0 Å². The lowest BCUT2D eigenvalue weighted by atomic mass is 10.1. The molecule has 2 rings (SSSR count). The Morgan fingerprint density at radius 1 is 1.37 bits per heavy atom. The first kappa shape index (κ1) is 14.5. The second-order valence-electron chi connectivity index (χ2n) is 4.04. The first-order valence-electron chi connectivity index (χ1n) is 5.37. The van der Waals surface area contributed by atoms with Gasteiger partial charge in [-0.15, -0.1) is 11.3 Å². The number of halogens is 4. The van der Waals surface area contributed by atoms with E-state index in [9.17, 15) is 13.2 Å². The van der Waals surface area contributed by atoms with Crippen molar-refractivity contribution in [3.63, 3.8) is 0 Å². The molecule has 0 aliphatic rings. The topological polar surface area (TPSA) is 38.9 Å². The van der Waals surface area contributed by atoms with Crippen LogP contribution in [-0.2, 0) is 6.18 Å². The summed E-state index contributed by atoms with van der Waals surface area (Å²) >= 11 is 4.23. The molecule has 2 aromatic rings. The SMILES string of the molecule is CC(N)c1cnc(-c2ccc(Br)cc2C(F)(F)F)s1. The predicted molar refractivity (Wildman–Crippen MR) is 72.9 cm³/mol. The summed E-state index contributed by atoms with van der Waals surface area (Å²) in [5, 5.41) is 0.326. The van der Waals surface area contributed by atoms with Gasteiger partial charge in [-0.1, -0.05) is 22.0 Å². The van der Waals surface area contributed by atoms with Gasteiger partial charge in [0.25, 0.3) is 0 Å². The van der Waals surface area contributed by atoms with E-state index in [2.05, 4.69) is 20.9 Å². The lowest BCUT2D eigenvalue weighted by Gasteiger charge is -2.11. The van der Waals surface area contributed by atoms with Gasteiger partial charge in [0.05, 0.1) is 5.56 Å². The van der Waals surface area contributed by atoms with Crippen molar-refractivity contribution in [3.05, 3.63) is 39.3 Å². The average Bonchev–Trinajstić information content (AvgIpc) is 2.77. The van der Waals surface area contributed by atoms with E-state index in [0.29, 0.717) is 9.48 Å². The number of thiazole rings is 1. The molecule has 2 nitrogen and oxygen atoms in total. The summed E-state index contributed by atoms with van der Waals surface area (Å²) in [6.45, 7) is 1.77. The van der Waals surface area contributed by atoms with E-state index < -0.39 is 11.7 Å². The van der Waals surface area contributed by atoms with Gasteiger partial charge in [-0.05, 0) is 19.1 Å². The highest BCUT2D eigenvalue weighted by Gasteiger charge is 2.34. The van der Waals surface area contributed by atoms with Crippen LogP contribution in [0.2, 0.25) is 0 Å². The van der Waals surface area contributed by atoms with Crippen LogP contribution in [0.5, 0.6) is 0 Å². The molecular formula is C12H10BrF3N2S. The molecule has 0 bridgehead atoms. The average molecular weight is 351 g/mol. The van der Waals surface area contributed by atoms with E-state index in [1.165, 1.54) is 23.6 Å². The molecule has 0 saturated heterocycles. The molecule has 1 heterocycles. The molecule has 0 saturated carbocycles. The van der Waals surface area contributed by atoms with E-state index in [4.69, 9.17) is 5.73 Å². The molecule has 0 aliphatic heterocycles. The summed E-state index contributed by atoms with van der Waals surface area (Å²) in [5.74, 6) is 0. The van der Waals surface area contributed by atoms with Crippen LogP contribution in [0.25, 0.3) is 10.6 Å². The fourth-order valence-corrected chi connectivity index (χ4v) is 2.83. The molecule has 0 spiro atoms. The number of nitrogens with zero attached hydrogens (tertiary/aromatic N) is 1. The highest BCUT2D eigenvalue weighted by Crippen LogP contribution is 2.40. The van der Waals surface area contributed by atoms with Gasteiger partial charge in [0, 0.05) is 27.2 Å². The van der Waals surface area contributed by atoms with Crippen LogP contribution in [0.1, 0.15) is 23.4 Å². The van der Waals surface area contributed by atoms with Gasteiger partial charge in [-0.3, -0.25) is 0 Å². The normalized spacial score (nSPS) is 13.6. The maximum absolute atomic E-state index is 13.0. The van der Waals surface area contributed by atoms with Gasteiger partial charge in [-0.25, -0.2) is 4.98 Å². The largest absolute Gasteiger partial charge is 0.417 e. The van der Waals surface area contributed by atoms with Crippen molar-refractivity contribution in [1.29, 1.82) is 0 Å². The molecular weight excluding hydrogens is 341 g/mol. The standard InChI is InChI=1S/C12H10BrF3N2S/c1-6(17)10-5-18-11(19-10)8-3-2-7(13)4-9(8)12(14,15)16/h2-6H,17H2,1H3. The third kappa shape index (κ3) is 3.16. The Balaban J connectivity index is 2.55. The van der Waals surface area contributed by atoms with Crippen LogP contribution in [0.15, 0.2) is 28.9 Å². The Hall–Kier alpha value is -0.920. The maximum atomic E-state index is 13.0. The zero-order valence-electron chi connectivity index (χ0n) is 9.83. The molecule has 102 valence electrons. The van der Waals surface area contributed by atoms with Crippen molar-refractivity contribution in [3.8, 4) is 10.6 Å². The van der Waals surface area contributed by atoms with Crippen molar-refractivity contribution < 1.29 is 13.2 Å².